The summed E-state index contributed by atoms with van der Waals surface area (Å²) in [6, 6.07) is 16.7. The van der Waals surface area contributed by atoms with Gasteiger partial charge in [-0.15, -0.1) is 0 Å². The fourth-order valence-corrected chi connectivity index (χ4v) is 4.37. The summed E-state index contributed by atoms with van der Waals surface area (Å²) in [6.45, 7) is 4.86. The normalized spacial score (nSPS) is 17.3. The van der Waals surface area contributed by atoms with Gasteiger partial charge in [0.05, 0.1) is 18.7 Å². The van der Waals surface area contributed by atoms with Crippen LogP contribution in [0.5, 0.6) is 5.75 Å². The first-order chi connectivity index (χ1) is 15.2. The first kappa shape index (κ1) is 19.8. The van der Waals surface area contributed by atoms with Crippen LogP contribution < -0.4 is 4.74 Å². The Labute approximate surface area is 182 Å². The quantitative estimate of drug-likeness (QED) is 0.614. The number of aryl methyl sites for hydroxylation is 1. The highest BCUT2D eigenvalue weighted by atomic mass is 16.7. The molecule has 2 aliphatic heterocycles. The second kappa shape index (κ2) is 8.55. The van der Waals surface area contributed by atoms with Crippen molar-refractivity contribution in [3.8, 4) is 16.9 Å². The molecule has 2 amide bonds. The Bertz CT molecular complexity index is 1070. The van der Waals surface area contributed by atoms with Gasteiger partial charge in [0.15, 0.2) is 0 Å². The zero-order valence-electron chi connectivity index (χ0n) is 17.8. The van der Waals surface area contributed by atoms with Crippen LogP contribution in [0.1, 0.15) is 24.8 Å². The molecule has 0 saturated carbocycles. The number of fused-ring (bicyclic) bond motifs is 1. The van der Waals surface area contributed by atoms with E-state index >= 15 is 0 Å². The predicted octanol–water partition coefficient (Wildman–Crippen LogP) is 4.81. The summed E-state index contributed by atoms with van der Waals surface area (Å²) >= 11 is 0. The molecule has 2 saturated heterocycles. The molecule has 0 aliphatic carbocycles. The van der Waals surface area contributed by atoms with Crippen molar-refractivity contribution in [1.82, 2.24) is 14.9 Å². The molecule has 2 aromatic carbocycles. The third-order valence-corrected chi connectivity index (χ3v) is 6.10. The van der Waals surface area contributed by atoms with Gasteiger partial charge in [0, 0.05) is 37.5 Å². The molecule has 0 bridgehead atoms. The van der Waals surface area contributed by atoms with E-state index < -0.39 is 0 Å². The van der Waals surface area contributed by atoms with Gasteiger partial charge in [-0.1, -0.05) is 18.2 Å². The first-order valence-electron chi connectivity index (χ1n) is 11.0. The molecule has 2 aliphatic rings. The fourth-order valence-electron chi connectivity index (χ4n) is 4.37. The Morgan fingerprint density at radius 2 is 1.90 bits per heavy atom. The second-order valence-electron chi connectivity index (χ2n) is 8.26. The molecular formula is C25H27N3O3. The first-order valence-corrected chi connectivity index (χ1v) is 11.0. The average Bonchev–Trinajstić information content (AvgIpc) is 3.34. The van der Waals surface area contributed by atoms with Crippen molar-refractivity contribution >= 4 is 16.9 Å². The molecule has 0 atom stereocenters. The number of carbonyl (C=O) groups is 1. The Morgan fingerprint density at radius 3 is 2.65 bits per heavy atom. The van der Waals surface area contributed by atoms with E-state index in [2.05, 4.69) is 42.2 Å². The van der Waals surface area contributed by atoms with E-state index in [-0.39, 0.29) is 12.1 Å². The van der Waals surface area contributed by atoms with Gasteiger partial charge in [0.2, 0.25) is 0 Å². The molecule has 3 heterocycles. The van der Waals surface area contributed by atoms with E-state index in [1.807, 2.05) is 29.3 Å². The minimum Gasteiger partial charge on any atom is -0.490 e. The van der Waals surface area contributed by atoms with E-state index in [4.69, 9.17) is 9.57 Å². The highest BCUT2D eigenvalue weighted by Crippen LogP contribution is 2.29. The van der Waals surface area contributed by atoms with Crippen LogP contribution in [0, 0.1) is 6.92 Å². The summed E-state index contributed by atoms with van der Waals surface area (Å²) in [5.74, 6) is 0.868. The maximum absolute atomic E-state index is 12.4. The molecule has 6 nitrogen and oxygen atoms in total. The SMILES string of the molecule is Cc1cc2cccnc2cc1-c1ccc(OC2CCN(C(=O)N3CCCO3)CC2)cc1. The number of hydrogen-bond acceptors (Lipinski definition) is 4. The van der Waals surface area contributed by atoms with Crippen LogP contribution in [-0.4, -0.2) is 53.3 Å². The third kappa shape index (κ3) is 4.21. The highest BCUT2D eigenvalue weighted by Gasteiger charge is 2.29. The van der Waals surface area contributed by atoms with E-state index in [9.17, 15) is 4.79 Å². The number of hydroxylamine groups is 2. The molecule has 6 heteroatoms. The lowest BCUT2D eigenvalue weighted by Gasteiger charge is -2.33. The number of piperidine rings is 1. The van der Waals surface area contributed by atoms with Crippen LogP contribution in [-0.2, 0) is 4.84 Å². The average molecular weight is 418 g/mol. The highest BCUT2D eigenvalue weighted by molar-refractivity contribution is 5.86. The standard InChI is InChI=1S/C25H27N3O3/c1-18-16-20-4-2-11-26-24(20)17-23(18)19-5-7-21(8-6-19)31-22-9-13-27(14-10-22)25(29)28-12-3-15-30-28/h2,4-8,11,16-17,22H,3,9-10,12-15H2,1H3. The number of nitrogens with zero attached hydrogens (tertiary/aromatic N) is 3. The van der Waals surface area contributed by atoms with Gasteiger partial charge < -0.3 is 9.64 Å². The predicted molar refractivity (Wildman–Crippen MR) is 120 cm³/mol. The Hall–Kier alpha value is -3.12. The number of ether oxygens (including phenoxy) is 1. The van der Waals surface area contributed by atoms with Crippen molar-refractivity contribution in [3.63, 3.8) is 0 Å². The van der Waals surface area contributed by atoms with Crippen LogP contribution in [0.3, 0.4) is 0 Å². The van der Waals surface area contributed by atoms with Gasteiger partial charge in [-0.25, -0.2) is 9.86 Å². The molecule has 160 valence electrons. The monoisotopic (exact) mass is 417 g/mol. The summed E-state index contributed by atoms with van der Waals surface area (Å²) in [6.07, 6.45) is 4.53. The lowest BCUT2D eigenvalue weighted by molar-refractivity contribution is -0.0797. The molecule has 0 N–H and O–H groups in total. The Kier molecular flexibility index (Phi) is 5.47. The lowest BCUT2D eigenvalue weighted by Crippen LogP contribution is -2.47. The van der Waals surface area contributed by atoms with Crippen LogP contribution >= 0.6 is 0 Å². The zero-order valence-corrected chi connectivity index (χ0v) is 17.8. The van der Waals surface area contributed by atoms with Crippen LogP contribution in [0.4, 0.5) is 4.79 Å². The molecule has 3 aromatic rings. The summed E-state index contributed by atoms with van der Waals surface area (Å²) in [7, 11) is 0. The molecular weight excluding hydrogens is 390 g/mol. The molecule has 1 aromatic heterocycles. The van der Waals surface area contributed by atoms with Crippen LogP contribution in [0.15, 0.2) is 54.7 Å². The number of likely N-dealkylation sites (tertiary alicyclic amines) is 1. The lowest BCUT2D eigenvalue weighted by atomic mass is 9.98. The molecule has 31 heavy (non-hydrogen) atoms. The number of carbonyl (C=O) groups excluding carboxylic acids is 1. The van der Waals surface area contributed by atoms with Crippen molar-refractivity contribution in [3.05, 3.63) is 60.3 Å². The molecule has 0 spiro atoms. The maximum Gasteiger partial charge on any atom is 0.343 e. The van der Waals surface area contributed by atoms with Gasteiger partial charge in [-0.2, -0.15) is 0 Å². The topological polar surface area (TPSA) is 54.9 Å². The van der Waals surface area contributed by atoms with Gasteiger partial charge in [0.25, 0.3) is 0 Å². The van der Waals surface area contributed by atoms with E-state index in [0.717, 1.165) is 41.5 Å². The van der Waals surface area contributed by atoms with E-state index in [1.54, 1.807) is 0 Å². The molecule has 0 radical (unpaired) electrons. The molecule has 5 rings (SSSR count). The Morgan fingerprint density at radius 1 is 1.10 bits per heavy atom. The summed E-state index contributed by atoms with van der Waals surface area (Å²) in [4.78, 5) is 24.2. The number of pyridine rings is 1. The van der Waals surface area contributed by atoms with Gasteiger partial charge in [-0.05, 0) is 60.4 Å². The van der Waals surface area contributed by atoms with Gasteiger partial charge >= 0.3 is 6.03 Å². The third-order valence-electron chi connectivity index (χ3n) is 6.10. The zero-order chi connectivity index (χ0) is 21.2. The van der Waals surface area contributed by atoms with Crippen molar-refractivity contribution in [2.45, 2.75) is 32.3 Å². The fraction of sp³-hybridized carbons (Fsp3) is 0.360. The Balaban J connectivity index is 1.21. The van der Waals surface area contributed by atoms with Crippen molar-refractivity contribution in [1.29, 1.82) is 0 Å². The number of benzene rings is 2. The summed E-state index contributed by atoms with van der Waals surface area (Å²) in [5.41, 5.74) is 4.58. The van der Waals surface area contributed by atoms with E-state index in [1.165, 1.54) is 16.2 Å². The minimum atomic E-state index is -0.0134. The van der Waals surface area contributed by atoms with Crippen molar-refractivity contribution in [2.24, 2.45) is 0 Å². The minimum absolute atomic E-state index is 0.0134. The molecule has 2 fully saturated rings. The summed E-state index contributed by atoms with van der Waals surface area (Å²) < 4.78 is 6.21. The molecule has 0 unspecified atom stereocenters. The van der Waals surface area contributed by atoms with E-state index in [0.29, 0.717) is 26.2 Å². The van der Waals surface area contributed by atoms with Crippen molar-refractivity contribution in [2.75, 3.05) is 26.2 Å². The number of urea groups is 1. The van der Waals surface area contributed by atoms with Crippen molar-refractivity contribution < 1.29 is 14.4 Å². The second-order valence-corrected chi connectivity index (χ2v) is 8.26. The number of hydrogen-bond donors (Lipinski definition) is 0. The van der Waals surface area contributed by atoms with Crippen LogP contribution in [0.25, 0.3) is 22.0 Å². The van der Waals surface area contributed by atoms with Gasteiger partial charge in [0.1, 0.15) is 11.9 Å². The smallest absolute Gasteiger partial charge is 0.343 e. The number of aromatic nitrogens is 1. The van der Waals surface area contributed by atoms with Crippen LogP contribution in [0.2, 0.25) is 0 Å². The maximum atomic E-state index is 12.4. The number of rotatable bonds is 3. The van der Waals surface area contributed by atoms with Gasteiger partial charge in [-0.3, -0.25) is 9.82 Å². The number of amides is 2. The summed E-state index contributed by atoms with van der Waals surface area (Å²) in [5, 5.41) is 2.65. The largest absolute Gasteiger partial charge is 0.490 e.